The number of halogens is 1. The predicted octanol–water partition coefficient (Wildman–Crippen LogP) is 4.84. The molecule has 0 heterocycles. The first-order valence-corrected chi connectivity index (χ1v) is 9.75. The van der Waals surface area contributed by atoms with Gasteiger partial charge < -0.3 is 9.80 Å². The second-order valence-corrected chi connectivity index (χ2v) is 8.68. The fourth-order valence-corrected chi connectivity index (χ4v) is 4.31. The SMILES string of the molecule is CC(C)[C@@H]1CC[C@@H](C)C[C@H]1C(=O)N(C)Cc1cccc(CN(C)C)c1.Cl. The first-order valence-electron chi connectivity index (χ1n) is 9.75. The van der Waals surface area contributed by atoms with Gasteiger partial charge in [0.15, 0.2) is 0 Å². The number of amides is 1. The molecule has 1 saturated carbocycles. The Balaban J connectivity index is 0.00000338. The van der Waals surface area contributed by atoms with Crippen molar-refractivity contribution in [2.45, 2.75) is 53.1 Å². The van der Waals surface area contributed by atoms with Crippen LogP contribution in [0.15, 0.2) is 24.3 Å². The van der Waals surface area contributed by atoms with Crippen molar-refractivity contribution in [3.05, 3.63) is 35.4 Å². The topological polar surface area (TPSA) is 23.6 Å². The quantitative estimate of drug-likeness (QED) is 0.705. The maximum Gasteiger partial charge on any atom is 0.226 e. The first kappa shape index (κ1) is 23.0. The molecular weight excluding hydrogens is 344 g/mol. The predicted molar refractivity (Wildman–Crippen MR) is 112 cm³/mol. The van der Waals surface area contributed by atoms with Crippen LogP contribution in [0.1, 0.15) is 51.2 Å². The van der Waals surface area contributed by atoms with E-state index in [-0.39, 0.29) is 18.3 Å². The lowest BCUT2D eigenvalue weighted by Crippen LogP contribution is -2.40. The molecule has 3 nitrogen and oxygen atoms in total. The van der Waals surface area contributed by atoms with Crippen LogP contribution >= 0.6 is 12.4 Å². The molecule has 0 saturated heterocycles. The van der Waals surface area contributed by atoms with Gasteiger partial charge in [-0.3, -0.25) is 4.79 Å². The van der Waals surface area contributed by atoms with Gasteiger partial charge in [-0.2, -0.15) is 0 Å². The zero-order valence-electron chi connectivity index (χ0n) is 17.4. The highest BCUT2D eigenvalue weighted by Gasteiger charge is 2.36. The van der Waals surface area contributed by atoms with E-state index in [0.29, 0.717) is 30.2 Å². The highest BCUT2D eigenvalue weighted by molar-refractivity contribution is 5.85. The molecule has 2 rings (SSSR count). The summed E-state index contributed by atoms with van der Waals surface area (Å²) in [7, 11) is 6.13. The Labute approximate surface area is 166 Å². The van der Waals surface area contributed by atoms with Crippen molar-refractivity contribution in [2.24, 2.45) is 23.7 Å². The van der Waals surface area contributed by atoms with E-state index in [1.54, 1.807) is 0 Å². The van der Waals surface area contributed by atoms with E-state index < -0.39 is 0 Å². The summed E-state index contributed by atoms with van der Waals surface area (Å²) in [5, 5.41) is 0. The number of nitrogens with zero attached hydrogens (tertiary/aromatic N) is 2. The number of hydrogen-bond acceptors (Lipinski definition) is 2. The molecule has 1 aliphatic rings. The van der Waals surface area contributed by atoms with Crippen LogP contribution in [0.2, 0.25) is 0 Å². The molecule has 1 aromatic carbocycles. The van der Waals surface area contributed by atoms with Gasteiger partial charge in [0.25, 0.3) is 0 Å². The van der Waals surface area contributed by atoms with Crippen LogP contribution in [0.5, 0.6) is 0 Å². The zero-order chi connectivity index (χ0) is 18.6. The lowest BCUT2D eigenvalue weighted by Gasteiger charge is -2.38. The largest absolute Gasteiger partial charge is 0.341 e. The van der Waals surface area contributed by atoms with E-state index in [0.717, 1.165) is 13.0 Å². The molecule has 0 N–H and O–H groups in total. The molecule has 1 fully saturated rings. The van der Waals surface area contributed by atoms with Crippen molar-refractivity contribution in [3.8, 4) is 0 Å². The minimum absolute atomic E-state index is 0. The smallest absolute Gasteiger partial charge is 0.226 e. The molecule has 26 heavy (non-hydrogen) atoms. The van der Waals surface area contributed by atoms with Crippen molar-refractivity contribution in [3.63, 3.8) is 0 Å². The second-order valence-electron chi connectivity index (χ2n) is 8.68. The number of benzene rings is 1. The summed E-state index contributed by atoms with van der Waals surface area (Å²) in [4.78, 5) is 17.3. The van der Waals surface area contributed by atoms with Gasteiger partial charge in [0, 0.05) is 26.1 Å². The van der Waals surface area contributed by atoms with E-state index in [1.807, 2.05) is 11.9 Å². The number of rotatable bonds is 6. The molecule has 0 aromatic heterocycles. The van der Waals surface area contributed by atoms with Crippen molar-refractivity contribution in [1.29, 1.82) is 0 Å². The Morgan fingerprint density at radius 3 is 2.31 bits per heavy atom. The van der Waals surface area contributed by atoms with Gasteiger partial charge in [0.2, 0.25) is 5.91 Å². The molecule has 0 spiro atoms. The standard InChI is InChI=1S/C22H36N2O.ClH/c1-16(2)20-11-10-17(3)12-21(20)22(25)24(6)15-19-9-7-8-18(13-19)14-23(4)5;/h7-9,13,16-17,20-21H,10-12,14-15H2,1-6H3;1H/t17-,20+,21-;/m1./s1. The molecule has 4 heteroatoms. The van der Waals surface area contributed by atoms with Gasteiger partial charge in [-0.25, -0.2) is 0 Å². The van der Waals surface area contributed by atoms with Crippen LogP contribution < -0.4 is 0 Å². The summed E-state index contributed by atoms with van der Waals surface area (Å²) in [5.74, 6) is 2.31. The normalized spacial score (nSPS) is 23.0. The lowest BCUT2D eigenvalue weighted by atomic mass is 9.69. The van der Waals surface area contributed by atoms with Crippen LogP contribution in [-0.4, -0.2) is 36.9 Å². The summed E-state index contributed by atoms with van der Waals surface area (Å²) < 4.78 is 0. The van der Waals surface area contributed by atoms with E-state index >= 15 is 0 Å². The van der Waals surface area contributed by atoms with Gasteiger partial charge in [-0.05, 0) is 55.8 Å². The molecule has 0 bridgehead atoms. The van der Waals surface area contributed by atoms with Gasteiger partial charge in [-0.1, -0.05) is 51.5 Å². The summed E-state index contributed by atoms with van der Waals surface area (Å²) >= 11 is 0. The van der Waals surface area contributed by atoms with Gasteiger partial charge in [0.1, 0.15) is 0 Å². The maximum atomic E-state index is 13.1. The molecule has 1 amide bonds. The number of carbonyl (C=O) groups excluding carboxylic acids is 1. The number of carbonyl (C=O) groups is 1. The van der Waals surface area contributed by atoms with Crippen molar-refractivity contribution in [2.75, 3.05) is 21.1 Å². The first-order chi connectivity index (χ1) is 11.8. The Morgan fingerprint density at radius 2 is 1.73 bits per heavy atom. The summed E-state index contributed by atoms with van der Waals surface area (Å²) in [6.07, 6.45) is 3.51. The minimum Gasteiger partial charge on any atom is -0.341 e. The Bertz CT molecular complexity index is 573. The monoisotopic (exact) mass is 380 g/mol. The molecule has 3 atom stereocenters. The van der Waals surface area contributed by atoms with Crippen LogP contribution in [0.3, 0.4) is 0 Å². The van der Waals surface area contributed by atoms with Gasteiger partial charge >= 0.3 is 0 Å². The summed E-state index contributed by atoms with van der Waals surface area (Å²) in [6.45, 7) is 8.47. The van der Waals surface area contributed by atoms with E-state index in [9.17, 15) is 4.79 Å². The van der Waals surface area contributed by atoms with E-state index in [1.165, 1.54) is 24.0 Å². The van der Waals surface area contributed by atoms with Crippen molar-refractivity contribution >= 4 is 18.3 Å². The molecule has 1 aromatic rings. The third-order valence-electron chi connectivity index (χ3n) is 5.63. The molecule has 0 unspecified atom stereocenters. The highest BCUT2D eigenvalue weighted by Crippen LogP contribution is 2.39. The molecule has 1 aliphatic carbocycles. The Hall–Kier alpha value is -1.06. The second kappa shape index (κ2) is 10.3. The lowest BCUT2D eigenvalue weighted by molar-refractivity contribution is -0.139. The highest BCUT2D eigenvalue weighted by atomic mass is 35.5. The molecular formula is C22H37ClN2O. The molecule has 148 valence electrons. The van der Waals surface area contributed by atoms with Crippen LogP contribution in [0.25, 0.3) is 0 Å². The minimum atomic E-state index is 0. The average molecular weight is 381 g/mol. The van der Waals surface area contributed by atoms with Crippen LogP contribution in [-0.2, 0) is 17.9 Å². The fraction of sp³-hybridized carbons (Fsp3) is 0.682. The third kappa shape index (κ3) is 6.28. The average Bonchev–Trinajstić information content (AvgIpc) is 2.53. The Morgan fingerprint density at radius 1 is 1.12 bits per heavy atom. The van der Waals surface area contributed by atoms with Crippen LogP contribution in [0.4, 0.5) is 0 Å². The Kier molecular flexibility index (Phi) is 9.12. The maximum absolute atomic E-state index is 13.1. The molecule has 0 aliphatic heterocycles. The van der Waals surface area contributed by atoms with Gasteiger partial charge in [-0.15, -0.1) is 12.4 Å². The summed E-state index contributed by atoms with van der Waals surface area (Å²) in [5.41, 5.74) is 2.52. The number of hydrogen-bond donors (Lipinski definition) is 0. The van der Waals surface area contributed by atoms with E-state index in [2.05, 4.69) is 64.0 Å². The fourth-order valence-electron chi connectivity index (χ4n) is 4.31. The third-order valence-corrected chi connectivity index (χ3v) is 5.63. The van der Waals surface area contributed by atoms with Crippen molar-refractivity contribution < 1.29 is 4.79 Å². The molecule has 0 radical (unpaired) electrons. The zero-order valence-corrected chi connectivity index (χ0v) is 18.2. The van der Waals surface area contributed by atoms with E-state index in [4.69, 9.17) is 0 Å². The summed E-state index contributed by atoms with van der Waals surface area (Å²) in [6, 6.07) is 8.62. The van der Waals surface area contributed by atoms with Crippen LogP contribution in [0, 0.1) is 23.7 Å². The van der Waals surface area contributed by atoms with Gasteiger partial charge in [0.05, 0.1) is 0 Å². The van der Waals surface area contributed by atoms with Crippen molar-refractivity contribution in [1.82, 2.24) is 9.80 Å².